The van der Waals surface area contributed by atoms with Gasteiger partial charge in [-0.1, -0.05) is 6.58 Å². The zero-order chi connectivity index (χ0) is 15.0. The molecule has 0 saturated heterocycles. The number of carbonyl (C=O) groups is 2. The highest BCUT2D eigenvalue weighted by molar-refractivity contribution is 7.55. The second-order valence-electron chi connectivity index (χ2n) is 4.16. The SMILES string of the molecule is C=C(C(=O)O)[C@@H]1CC(C(=O)O)=C[C@@H]([P+]([O-])([O-])[O-])[C@H]1O. The fourth-order valence-corrected chi connectivity index (χ4v) is 2.84. The molecule has 0 aliphatic heterocycles. The lowest BCUT2D eigenvalue weighted by Crippen LogP contribution is -2.50. The Morgan fingerprint density at radius 1 is 1.32 bits per heavy atom. The van der Waals surface area contributed by atoms with Crippen LogP contribution in [0, 0.1) is 5.92 Å². The lowest BCUT2D eigenvalue weighted by molar-refractivity contribution is -0.431. The molecule has 0 aromatic rings. The molecule has 0 bridgehead atoms. The Labute approximate surface area is 108 Å². The molecule has 0 aromatic heterocycles. The Morgan fingerprint density at radius 3 is 2.21 bits per heavy atom. The van der Waals surface area contributed by atoms with Gasteiger partial charge in [-0.15, -0.1) is 0 Å². The van der Waals surface area contributed by atoms with E-state index in [9.17, 15) is 29.4 Å². The van der Waals surface area contributed by atoms with Crippen LogP contribution in [0.1, 0.15) is 6.42 Å². The molecule has 8 nitrogen and oxygen atoms in total. The number of aliphatic carboxylic acids is 2. The van der Waals surface area contributed by atoms with E-state index in [1.807, 2.05) is 0 Å². The quantitative estimate of drug-likeness (QED) is 0.370. The molecule has 3 atom stereocenters. The number of aliphatic hydroxyl groups excluding tert-OH is 1. The van der Waals surface area contributed by atoms with Gasteiger partial charge in [0.15, 0.2) is 0 Å². The Morgan fingerprint density at radius 2 is 1.84 bits per heavy atom. The van der Waals surface area contributed by atoms with Crippen molar-refractivity contribution in [3.63, 3.8) is 0 Å². The highest BCUT2D eigenvalue weighted by Gasteiger charge is 2.40. The first kappa shape index (κ1) is 15.7. The van der Waals surface area contributed by atoms with Gasteiger partial charge in [0.25, 0.3) is 0 Å². The number of hydrogen-bond donors (Lipinski definition) is 3. The van der Waals surface area contributed by atoms with Crippen molar-refractivity contribution in [3.05, 3.63) is 23.8 Å². The van der Waals surface area contributed by atoms with E-state index in [0.29, 0.717) is 6.08 Å². The summed E-state index contributed by atoms with van der Waals surface area (Å²) < 4.78 is 0. The second-order valence-corrected chi connectivity index (χ2v) is 5.84. The summed E-state index contributed by atoms with van der Waals surface area (Å²) >= 11 is 0. The molecule has 1 rings (SSSR count). The van der Waals surface area contributed by atoms with E-state index in [1.54, 1.807) is 0 Å². The van der Waals surface area contributed by atoms with Crippen molar-refractivity contribution in [2.75, 3.05) is 0 Å². The highest BCUT2D eigenvalue weighted by Crippen LogP contribution is 2.46. The average Bonchev–Trinajstić information content (AvgIpc) is 2.26. The van der Waals surface area contributed by atoms with Crippen molar-refractivity contribution in [1.82, 2.24) is 0 Å². The fraction of sp³-hybridized carbons (Fsp3) is 0.400. The maximum absolute atomic E-state index is 11.0. The van der Waals surface area contributed by atoms with Gasteiger partial charge in [0.2, 0.25) is 0 Å². The maximum atomic E-state index is 11.0. The molecular weight excluding hydrogens is 279 g/mol. The Bertz CT molecular complexity index is 449. The number of rotatable bonds is 4. The van der Waals surface area contributed by atoms with Gasteiger partial charge in [-0.2, -0.15) is 7.94 Å². The molecule has 1 aliphatic rings. The average molecular weight is 290 g/mol. The molecule has 1 aliphatic carbocycles. The van der Waals surface area contributed by atoms with E-state index in [-0.39, 0.29) is 0 Å². The zero-order valence-electron chi connectivity index (χ0n) is 9.55. The second kappa shape index (κ2) is 5.36. The van der Waals surface area contributed by atoms with Gasteiger partial charge >= 0.3 is 11.9 Å². The monoisotopic (exact) mass is 290 g/mol. The summed E-state index contributed by atoms with van der Waals surface area (Å²) in [6.07, 6.45) is -1.58. The van der Waals surface area contributed by atoms with E-state index in [4.69, 9.17) is 10.2 Å². The minimum Gasteiger partial charge on any atom is -0.687 e. The Hall–Kier alpha value is -1.31. The van der Waals surface area contributed by atoms with Crippen molar-refractivity contribution in [1.29, 1.82) is 0 Å². The van der Waals surface area contributed by atoms with Crippen LogP contribution in [-0.4, -0.2) is 39.0 Å². The minimum atomic E-state index is -5.31. The molecule has 19 heavy (non-hydrogen) atoms. The third-order valence-electron chi connectivity index (χ3n) is 2.94. The number of aliphatic hydroxyl groups is 1. The zero-order valence-corrected chi connectivity index (χ0v) is 10.4. The lowest BCUT2D eigenvalue weighted by atomic mass is 9.81. The molecule has 9 heteroatoms. The van der Waals surface area contributed by atoms with Crippen LogP contribution in [0.5, 0.6) is 0 Å². The standard InChI is InChI=1S/C10H13O8P/c1-4(9(12)13)6-2-5(10(14)15)3-7(8(6)11)19(16,17)18/h3,6-8,11H,1-2H2,(H,12,13)(H,14,15)(H2,16,17,18)/p-2/t6-,7+,8-/m0/s1. The van der Waals surface area contributed by atoms with Gasteiger partial charge in [0.1, 0.15) is 6.10 Å². The minimum absolute atomic E-state index is 0.405. The van der Waals surface area contributed by atoms with Crippen LogP contribution < -0.4 is 14.7 Å². The molecule has 0 radical (unpaired) electrons. The van der Waals surface area contributed by atoms with Gasteiger partial charge in [0.05, 0.1) is 5.66 Å². The van der Waals surface area contributed by atoms with Gasteiger partial charge in [-0.3, -0.25) is 0 Å². The van der Waals surface area contributed by atoms with E-state index < -0.39 is 55.1 Å². The van der Waals surface area contributed by atoms with Crippen LogP contribution in [-0.2, 0) is 9.59 Å². The van der Waals surface area contributed by atoms with Crippen LogP contribution >= 0.6 is 7.94 Å². The third-order valence-corrected chi connectivity index (χ3v) is 4.12. The first-order valence-corrected chi connectivity index (χ1v) is 6.72. The van der Waals surface area contributed by atoms with Gasteiger partial charge in [-0.05, 0) is 12.5 Å². The summed E-state index contributed by atoms with van der Waals surface area (Å²) in [5, 5.41) is 27.3. The molecular formula is C10H11O8P-2. The van der Waals surface area contributed by atoms with Gasteiger partial charge in [-0.25, -0.2) is 9.59 Å². The molecule has 0 saturated carbocycles. The van der Waals surface area contributed by atoms with Crippen LogP contribution in [0.3, 0.4) is 0 Å². The summed E-state index contributed by atoms with van der Waals surface area (Å²) in [5.41, 5.74) is -2.96. The van der Waals surface area contributed by atoms with E-state index >= 15 is 0 Å². The third kappa shape index (κ3) is 3.37. The van der Waals surface area contributed by atoms with Crippen LogP contribution in [0.15, 0.2) is 23.8 Å². The first-order valence-electron chi connectivity index (χ1n) is 5.11. The highest BCUT2D eigenvalue weighted by atomic mass is 31.2. The molecule has 106 valence electrons. The predicted octanol–water partition coefficient (Wildman–Crippen LogP) is -2.77. The largest absolute Gasteiger partial charge is 0.687 e. The van der Waals surface area contributed by atoms with E-state index in [1.165, 1.54) is 0 Å². The van der Waals surface area contributed by atoms with Crippen molar-refractivity contribution < 1.29 is 39.6 Å². The molecule has 0 heterocycles. The summed E-state index contributed by atoms with van der Waals surface area (Å²) in [4.78, 5) is 54.6. The summed E-state index contributed by atoms with van der Waals surface area (Å²) in [6, 6.07) is 0. The normalized spacial score (nSPS) is 27.6. The van der Waals surface area contributed by atoms with Crippen molar-refractivity contribution in [2.45, 2.75) is 18.2 Å². The molecule has 0 amide bonds. The maximum Gasteiger partial charge on any atom is 0.331 e. The van der Waals surface area contributed by atoms with Crippen LogP contribution in [0.25, 0.3) is 0 Å². The smallest absolute Gasteiger partial charge is 0.331 e. The molecule has 0 unspecified atom stereocenters. The summed E-state index contributed by atoms with van der Waals surface area (Å²) in [6.45, 7) is 3.17. The van der Waals surface area contributed by atoms with Crippen molar-refractivity contribution >= 4 is 19.9 Å². The lowest BCUT2D eigenvalue weighted by Gasteiger charge is -2.51. The molecule has 0 fully saturated rings. The van der Waals surface area contributed by atoms with Crippen molar-refractivity contribution in [2.24, 2.45) is 5.92 Å². The predicted molar refractivity (Wildman–Crippen MR) is 57.3 cm³/mol. The molecule has 0 spiro atoms. The van der Waals surface area contributed by atoms with Crippen LogP contribution in [0.4, 0.5) is 0 Å². The first-order chi connectivity index (χ1) is 8.55. The van der Waals surface area contributed by atoms with Crippen molar-refractivity contribution in [3.8, 4) is 0 Å². The summed E-state index contributed by atoms with van der Waals surface area (Å²) in [5.74, 6) is -4.32. The topological polar surface area (TPSA) is 164 Å². The van der Waals surface area contributed by atoms with Gasteiger partial charge < -0.3 is 30.0 Å². The van der Waals surface area contributed by atoms with E-state index in [0.717, 1.165) is 0 Å². The number of carboxylic acids is 2. The fourth-order valence-electron chi connectivity index (χ4n) is 1.89. The Balaban J connectivity index is 3.20. The molecule has 0 aromatic carbocycles. The Kier molecular flexibility index (Phi) is 4.44. The van der Waals surface area contributed by atoms with E-state index in [2.05, 4.69) is 6.58 Å². The number of hydrogen-bond acceptors (Lipinski definition) is 6. The summed E-state index contributed by atoms with van der Waals surface area (Å²) in [7, 11) is -5.31. The number of carboxylic acid groups (broad SMARTS) is 2. The van der Waals surface area contributed by atoms with Crippen LogP contribution in [0.2, 0.25) is 0 Å². The molecule has 3 N–H and O–H groups in total. The van der Waals surface area contributed by atoms with Gasteiger partial charge in [0, 0.05) is 17.1 Å².